The van der Waals surface area contributed by atoms with Gasteiger partial charge < -0.3 is 15.5 Å². The summed E-state index contributed by atoms with van der Waals surface area (Å²) < 4.78 is 13.2. The highest BCUT2D eigenvalue weighted by molar-refractivity contribution is 5.92. The van der Waals surface area contributed by atoms with Crippen molar-refractivity contribution in [1.29, 1.82) is 0 Å². The zero-order valence-corrected chi connectivity index (χ0v) is 14.0. The normalized spacial score (nSPS) is 12.2. The molecule has 0 aliphatic heterocycles. The number of anilines is 1. The van der Waals surface area contributed by atoms with Crippen molar-refractivity contribution in [2.24, 2.45) is 0 Å². The molecule has 0 aliphatic carbocycles. The van der Waals surface area contributed by atoms with Crippen molar-refractivity contribution in [3.05, 3.63) is 58.9 Å². The number of hydrogen-bond donors (Lipinski definition) is 3. The molecule has 3 N–H and O–H groups in total. The number of amides is 1. The molecule has 0 fully saturated rings. The van der Waals surface area contributed by atoms with Crippen LogP contribution in [0.2, 0.25) is 0 Å². The summed E-state index contributed by atoms with van der Waals surface area (Å²) in [4.78, 5) is 12.2. The summed E-state index contributed by atoms with van der Waals surface area (Å²) in [7, 11) is 0. The van der Waals surface area contributed by atoms with Crippen LogP contribution in [0.25, 0.3) is 0 Å². The van der Waals surface area contributed by atoms with Crippen LogP contribution in [0.1, 0.15) is 49.0 Å². The van der Waals surface area contributed by atoms with Gasteiger partial charge in [0.25, 0.3) is 0 Å². The molecule has 4 nitrogen and oxygen atoms in total. The molecule has 128 valence electrons. The minimum absolute atomic E-state index is 0.110. The molecule has 0 saturated heterocycles. The van der Waals surface area contributed by atoms with Gasteiger partial charge in [0.05, 0.1) is 12.5 Å². The number of phenolic OH excluding ortho intramolecular Hbond substituents is 1. The van der Waals surface area contributed by atoms with Crippen LogP contribution in [-0.2, 0) is 4.79 Å². The van der Waals surface area contributed by atoms with Crippen molar-refractivity contribution in [3.8, 4) is 5.75 Å². The lowest BCUT2D eigenvalue weighted by atomic mass is 9.99. The molecule has 0 saturated carbocycles. The maximum atomic E-state index is 13.2. The van der Waals surface area contributed by atoms with Crippen LogP contribution in [0.3, 0.4) is 0 Å². The number of benzene rings is 2. The summed E-state index contributed by atoms with van der Waals surface area (Å²) >= 11 is 0. The number of carbonyl (C=O) groups excluding carboxylic acids is 1. The lowest BCUT2D eigenvalue weighted by Gasteiger charge is -2.16. The van der Waals surface area contributed by atoms with E-state index in [-0.39, 0.29) is 24.0 Å². The molecule has 2 rings (SSSR count). The van der Waals surface area contributed by atoms with Gasteiger partial charge in [0.2, 0.25) is 5.91 Å². The number of carbonyl (C=O) groups is 1. The third kappa shape index (κ3) is 4.32. The van der Waals surface area contributed by atoms with Gasteiger partial charge in [0, 0.05) is 5.69 Å². The van der Waals surface area contributed by atoms with E-state index in [0.29, 0.717) is 11.3 Å². The monoisotopic (exact) mass is 331 g/mol. The summed E-state index contributed by atoms with van der Waals surface area (Å²) in [5.74, 6) is -0.530. The second-order valence-corrected chi connectivity index (χ2v) is 6.20. The van der Waals surface area contributed by atoms with Gasteiger partial charge in [0.1, 0.15) is 11.6 Å². The third-order valence-electron chi connectivity index (χ3n) is 3.88. The predicted molar refractivity (Wildman–Crippen MR) is 91.5 cm³/mol. The van der Waals surface area contributed by atoms with Gasteiger partial charge in [-0.1, -0.05) is 26.0 Å². The fourth-order valence-corrected chi connectivity index (χ4v) is 2.52. The Kier molecular flexibility index (Phi) is 5.57. The standard InChI is InChI=1S/C19H22FNO3/c1-11(2)15-9-16(12(3)7-18(15)23)21-19(24)10-17(22)13-5-4-6-14(20)8-13/h4-9,11,17,22-23H,10H2,1-3H3,(H,21,24). The predicted octanol–water partition coefficient (Wildman–Crippen LogP) is 4.03. The fraction of sp³-hybridized carbons (Fsp3) is 0.316. The van der Waals surface area contributed by atoms with Gasteiger partial charge >= 0.3 is 0 Å². The Morgan fingerprint density at radius 1 is 1.25 bits per heavy atom. The highest BCUT2D eigenvalue weighted by Gasteiger charge is 2.16. The first-order valence-corrected chi connectivity index (χ1v) is 7.84. The van der Waals surface area contributed by atoms with Crippen LogP contribution in [0.5, 0.6) is 5.75 Å². The Hall–Kier alpha value is -2.40. The molecular formula is C19H22FNO3. The number of aromatic hydroxyl groups is 1. The molecule has 2 aromatic carbocycles. The maximum Gasteiger partial charge on any atom is 0.227 e. The zero-order valence-electron chi connectivity index (χ0n) is 14.0. The smallest absolute Gasteiger partial charge is 0.227 e. The van der Waals surface area contributed by atoms with E-state index in [1.54, 1.807) is 25.1 Å². The molecule has 0 aromatic heterocycles. The van der Waals surface area contributed by atoms with Gasteiger partial charge in [-0.25, -0.2) is 4.39 Å². The second-order valence-electron chi connectivity index (χ2n) is 6.20. The van der Waals surface area contributed by atoms with E-state index < -0.39 is 11.9 Å². The lowest BCUT2D eigenvalue weighted by Crippen LogP contribution is -2.16. The Bertz CT molecular complexity index is 743. The minimum Gasteiger partial charge on any atom is -0.508 e. The quantitative estimate of drug-likeness (QED) is 0.725. The second kappa shape index (κ2) is 7.45. The molecule has 2 aromatic rings. The van der Waals surface area contributed by atoms with Crippen LogP contribution in [0, 0.1) is 12.7 Å². The molecule has 0 radical (unpaired) electrons. The van der Waals surface area contributed by atoms with Crippen molar-refractivity contribution < 1.29 is 19.4 Å². The average Bonchev–Trinajstić information content (AvgIpc) is 2.49. The number of hydrogen-bond acceptors (Lipinski definition) is 3. The number of aryl methyl sites for hydroxylation is 1. The molecule has 0 bridgehead atoms. The Morgan fingerprint density at radius 2 is 1.96 bits per heavy atom. The Balaban J connectivity index is 2.11. The Labute approximate surface area is 141 Å². The van der Waals surface area contributed by atoms with Crippen molar-refractivity contribution in [1.82, 2.24) is 0 Å². The number of phenols is 1. The highest BCUT2D eigenvalue weighted by atomic mass is 19.1. The molecular weight excluding hydrogens is 309 g/mol. The molecule has 1 atom stereocenters. The fourth-order valence-electron chi connectivity index (χ4n) is 2.52. The number of aliphatic hydroxyl groups is 1. The van der Waals surface area contributed by atoms with E-state index in [1.807, 2.05) is 13.8 Å². The Morgan fingerprint density at radius 3 is 2.58 bits per heavy atom. The average molecular weight is 331 g/mol. The molecule has 1 amide bonds. The first-order valence-electron chi connectivity index (χ1n) is 7.84. The van der Waals surface area contributed by atoms with Gasteiger partial charge in [-0.15, -0.1) is 0 Å². The van der Waals surface area contributed by atoms with Gasteiger partial charge in [-0.05, 0) is 53.8 Å². The minimum atomic E-state index is -1.08. The summed E-state index contributed by atoms with van der Waals surface area (Å²) in [6.45, 7) is 5.68. The lowest BCUT2D eigenvalue weighted by molar-refractivity contribution is -0.118. The molecule has 1 unspecified atom stereocenters. The first kappa shape index (κ1) is 17.9. The van der Waals surface area contributed by atoms with Crippen molar-refractivity contribution in [3.63, 3.8) is 0 Å². The molecule has 24 heavy (non-hydrogen) atoms. The topological polar surface area (TPSA) is 69.6 Å². The number of rotatable bonds is 5. The zero-order chi connectivity index (χ0) is 17.9. The van der Waals surface area contributed by atoms with Crippen LogP contribution in [-0.4, -0.2) is 16.1 Å². The van der Waals surface area contributed by atoms with Gasteiger partial charge in [-0.2, -0.15) is 0 Å². The van der Waals surface area contributed by atoms with Crippen LogP contribution < -0.4 is 5.32 Å². The number of nitrogens with one attached hydrogen (secondary N) is 1. The molecule has 0 heterocycles. The SMILES string of the molecule is Cc1cc(O)c(C(C)C)cc1NC(=O)CC(O)c1cccc(F)c1. The van der Waals surface area contributed by atoms with E-state index in [2.05, 4.69) is 5.32 Å². The number of halogens is 1. The summed E-state index contributed by atoms with van der Waals surface area (Å²) in [5.41, 5.74) is 2.41. The van der Waals surface area contributed by atoms with Crippen molar-refractivity contribution >= 4 is 11.6 Å². The van der Waals surface area contributed by atoms with Crippen LogP contribution >= 0.6 is 0 Å². The largest absolute Gasteiger partial charge is 0.508 e. The van der Waals surface area contributed by atoms with Crippen LogP contribution in [0.4, 0.5) is 10.1 Å². The van der Waals surface area contributed by atoms with E-state index in [9.17, 15) is 19.4 Å². The third-order valence-corrected chi connectivity index (χ3v) is 3.88. The van der Waals surface area contributed by atoms with Crippen molar-refractivity contribution in [2.45, 2.75) is 39.2 Å². The highest BCUT2D eigenvalue weighted by Crippen LogP contribution is 2.31. The summed E-state index contributed by atoms with van der Waals surface area (Å²) in [6, 6.07) is 8.90. The summed E-state index contributed by atoms with van der Waals surface area (Å²) in [6.07, 6.45) is -1.26. The van der Waals surface area contributed by atoms with E-state index in [1.165, 1.54) is 18.2 Å². The van der Waals surface area contributed by atoms with Gasteiger partial charge in [0.15, 0.2) is 0 Å². The van der Waals surface area contributed by atoms with E-state index in [0.717, 1.165) is 11.1 Å². The van der Waals surface area contributed by atoms with Crippen LogP contribution in [0.15, 0.2) is 36.4 Å². The molecule has 5 heteroatoms. The maximum absolute atomic E-state index is 13.2. The van der Waals surface area contributed by atoms with Crippen molar-refractivity contribution in [2.75, 3.05) is 5.32 Å². The number of aliphatic hydroxyl groups excluding tert-OH is 1. The van der Waals surface area contributed by atoms with Gasteiger partial charge in [-0.3, -0.25) is 4.79 Å². The first-order chi connectivity index (χ1) is 11.3. The molecule has 0 aliphatic rings. The summed E-state index contributed by atoms with van der Waals surface area (Å²) in [5, 5.41) is 22.8. The van der Waals surface area contributed by atoms with E-state index in [4.69, 9.17) is 0 Å². The van der Waals surface area contributed by atoms with E-state index >= 15 is 0 Å². The molecule has 0 spiro atoms.